The quantitative estimate of drug-likeness (QED) is 0.654. The van der Waals surface area contributed by atoms with E-state index in [2.05, 4.69) is 10.6 Å². The molecular formula is C20H26N2O4S. The van der Waals surface area contributed by atoms with E-state index in [4.69, 9.17) is 9.47 Å². The topological polar surface area (TPSA) is 76.7 Å². The van der Waals surface area contributed by atoms with Gasteiger partial charge in [-0.15, -0.1) is 0 Å². The van der Waals surface area contributed by atoms with Gasteiger partial charge in [-0.25, -0.2) is 4.79 Å². The molecule has 0 aliphatic carbocycles. The highest BCUT2D eigenvalue weighted by Gasteiger charge is 2.06. The van der Waals surface area contributed by atoms with Crippen LogP contribution in [0.4, 0.5) is 4.79 Å². The Bertz CT molecular complexity index is 753. The molecule has 0 fully saturated rings. The van der Waals surface area contributed by atoms with E-state index >= 15 is 0 Å². The Morgan fingerprint density at radius 2 is 1.63 bits per heavy atom. The summed E-state index contributed by atoms with van der Waals surface area (Å²) in [6, 6.07) is 15.1. The van der Waals surface area contributed by atoms with Crippen LogP contribution in [0.5, 0.6) is 11.5 Å². The second-order valence-electron chi connectivity index (χ2n) is 5.90. The predicted octanol–water partition coefficient (Wildman–Crippen LogP) is 2.49. The highest BCUT2D eigenvalue weighted by atomic mass is 32.2. The molecule has 0 saturated carbocycles. The first-order valence-corrected chi connectivity index (χ1v) is 10.2. The van der Waals surface area contributed by atoms with E-state index in [1.807, 2.05) is 48.5 Å². The molecular weight excluding hydrogens is 364 g/mol. The van der Waals surface area contributed by atoms with Crippen LogP contribution in [0.1, 0.15) is 11.1 Å². The van der Waals surface area contributed by atoms with Gasteiger partial charge in [0.2, 0.25) is 0 Å². The van der Waals surface area contributed by atoms with Crippen molar-refractivity contribution in [2.45, 2.75) is 12.2 Å². The highest BCUT2D eigenvalue weighted by molar-refractivity contribution is 7.84. The molecule has 0 saturated heterocycles. The van der Waals surface area contributed by atoms with Crippen LogP contribution in [0, 0.1) is 0 Å². The monoisotopic (exact) mass is 390 g/mol. The van der Waals surface area contributed by atoms with Gasteiger partial charge >= 0.3 is 6.03 Å². The molecule has 0 heterocycles. The number of benzene rings is 2. The van der Waals surface area contributed by atoms with Gasteiger partial charge in [-0.05, 0) is 29.7 Å². The van der Waals surface area contributed by atoms with Crippen LogP contribution >= 0.6 is 0 Å². The molecule has 0 aliphatic heterocycles. The molecule has 2 aromatic rings. The normalized spacial score (nSPS) is 11.5. The summed E-state index contributed by atoms with van der Waals surface area (Å²) in [5.74, 6) is 2.28. The SMILES string of the molecule is COc1ccc(CCNC(=O)NCCS(=O)Cc2ccccc2)cc1OC. The van der Waals surface area contributed by atoms with E-state index in [0.29, 0.717) is 42.5 Å². The molecule has 7 heteroatoms. The van der Waals surface area contributed by atoms with Gasteiger partial charge in [-0.1, -0.05) is 36.4 Å². The standard InChI is InChI=1S/C20H26N2O4S/c1-25-18-9-8-16(14-19(18)26-2)10-11-21-20(23)22-12-13-27(24)15-17-6-4-3-5-7-17/h3-9,14H,10-13,15H2,1-2H3,(H2,21,22,23). The summed E-state index contributed by atoms with van der Waals surface area (Å²) in [5, 5.41) is 5.54. The van der Waals surface area contributed by atoms with E-state index in [1.54, 1.807) is 14.2 Å². The fourth-order valence-corrected chi connectivity index (χ4v) is 3.57. The van der Waals surface area contributed by atoms with Crippen molar-refractivity contribution in [3.63, 3.8) is 0 Å². The number of hydrogen-bond donors (Lipinski definition) is 2. The number of urea groups is 1. The lowest BCUT2D eigenvalue weighted by Gasteiger charge is -2.10. The molecule has 0 bridgehead atoms. The maximum absolute atomic E-state index is 12.0. The fraction of sp³-hybridized carbons (Fsp3) is 0.350. The zero-order valence-electron chi connectivity index (χ0n) is 15.7. The molecule has 27 heavy (non-hydrogen) atoms. The summed E-state index contributed by atoms with van der Waals surface area (Å²) >= 11 is 0. The number of nitrogens with one attached hydrogen (secondary N) is 2. The van der Waals surface area contributed by atoms with Gasteiger partial charge < -0.3 is 20.1 Å². The lowest BCUT2D eigenvalue weighted by molar-refractivity contribution is 0.241. The van der Waals surface area contributed by atoms with Crippen molar-refractivity contribution in [3.8, 4) is 11.5 Å². The molecule has 146 valence electrons. The summed E-state index contributed by atoms with van der Waals surface area (Å²) in [6.45, 7) is 0.871. The van der Waals surface area contributed by atoms with E-state index in [9.17, 15) is 9.00 Å². The number of amides is 2. The Balaban J connectivity index is 1.64. The third-order valence-corrected chi connectivity index (χ3v) is 5.25. The number of carbonyl (C=O) groups excluding carboxylic acids is 1. The molecule has 0 spiro atoms. The van der Waals surface area contributed by atoms with Crippen molar-refractivity contribution < 1.29 is 18.5 Å². The number of ether oxygens (including phenoxy) is 2. The third-order valence-electron chi connectivity index (χ3n) is 3.93. The maximum Gasteiger partial charge on any atom is 0.314 e. The lowest BCUT2D eigenvalue weighted by atomic mass is 10.1. The zero-order valence-corrected chi connectivity index (χ0v) is 16.5. The largest absolute Gasteiger partial charge is 0.493 e. The molecule has 2 aromatic carbocycles. The molecule has 2 rings (SSSR count). The second kappa shape index (κ2) is 11.2. The first kappa shape index (κ1) is 20.8. The highest BCUT2D eigenvalue weighted by Crippen LogP contribution is 2.27. The predicted molar refractivity (Wildman–Crippen MR) is 108 cm³/mol. The molecule has 1 atom stereocenters. The Morgan fingerprint density at radius 1 is 0.926 bits per heavy atom. The first-order chi connectivity index (χ1) is 13.1. The average Bonchev–Trinajstić information content (AvgIpc) is 2.68. The Kier molecular flexibility index (Phi) is 8.64. The van der Waals surface area contributed by atoms with Crippen LogP contribution < -0.4 is 20.1 Å². The number of methoxy groups -OCH3 is 2. The minimum atomic E-state index is -0.998. The molecule has 0 radical (unpaired) electrons. The molecule has 2 N–H and O–H groups in total. The van der Waals surface area contributed by atoms with Gasteiger partial charge in [0.05, 0.1) is 14.2 Å². The van der Waals surface area contributed by atoms with Gasteiger partial charge in [-0.3, -0.25) is 4.21 Å². The summed E-state index contributed by atoms with van der Waals surface area (Å²) in [4.78, 5) is 11.8. The van der Waals surface area contributed by atoms with Crippen LogP contribution in [0.15, 0.2) is 48.5 Å². The minimum Gasteiger partial charge on any atom is -0.493 e. The Hall–Kier alpha value is -2.54. The van der Waals surface area contributed by atoms with E-state index in [1.165, 1.54) is 0 Å². The van der Waals surface area contributed by atoms with Crippen molar-refractivity contribution in [2.24, 2.45) is 0 Å². The maximum atomic E-state index is 12.0. The summed E-state index contributed by atoms with van der Waals surface area (Å²) in [5.41, 5.74) is 2.08. The summed E-state index contributed by atoms with van der Waals surface area (Å²) in [6.07, 6.45) is 0.674. The van der Waals surface area contributed by atoms with Gasteiger partial charge in [0.25, 0.3) is 0 Å². The van der Waals surface area contributed by atoms with E-state index in [0.717, 1.165) is 11.1 Å². The first-order valence-electron chi connectivity index (χ1n) is 8.74. The van der Waals surface area contributed by atoms with Crippen molar-refractivity contribution in [3.05, 3.63) is 59.7 Å². The van der Waals surface area contributed by atoms with E-state index in [-0.39, 0.29) is 6.03 Å². The Morgan fingerprint density at radius 3 is 2.33 bits per heavy atom. The Labute approximate surface area is 162 Å². The van der Waals surface area contributed by atoms with Crippen LogP contribution in [0.2, 0.25) is 0 Å². The molecule has 6 nitrogen and oxygen atoms in total. The van der Waals surface area contributed by atoms with Crippen LogP contribution in [-0.4, -0.2) is 43.3 Å². The van der Waals surface area contributed by atoms with Crippen molar-refractivity contribution in [2.75, 3.05) is 33.1 Å². The third kappa shape index (κ3) is 7.30. The summed E-state index contributed by atoms with van der Waals surface area (Å²) in [7, 11) is 2.19. The lowest BCUT2D eigenvalue weighted by Crippen LogP contribution is -2.38. The van der Waals surface area contributed by atoms with Gasteiger partial charge in [-0.2, -0.15) is 0 Å². The van der Waals surface area contributed by atoms with E-state index < -0.39 is 10.8 Å². The smallest absolute Gasteiger partial charge is 0.314 e. The molecule has 0 aliphatic rings. The van der Waals surface area contributed by atoms with Gasteiger partial charge in [0.1, 0.15) is 0 Å². The molecule has 0 aromatic heterocycles. The minimum absolute atomic E-state index is 0.257. The van der Waals surface area contributed by atoms with Crippen LogP contribution in [-0.2, 0) is 23.0 Å². The number of hydrogen-bond acceptors (Lipinski definition) is 4. The fourth-order valence-electron chi connectivity index (χ4n) is 2.53. The van der Waals surface area contributed by atoms with Gasteiger partial charge in [0.15, 0.2) is 11.5 Å². The number of rotatable bonds is 10. The zero-order chi connectivity index (χ0) is 19.5. The molecule has 2 amide bonds. The van der Waals surface area contributed by atoms with Gasteiger partial charge in [0, 0.05) is 35.4 Å². The second-order valence-corrected chi connectivity index (χ2v) is 7.47. The van der Waals surface area contributed by atoms with Crippen molar-refractivity contribution in [1.82, 2.24) is 10.6 Å². The van der Waals surface area contributed by atoms with Crippen LogP contribution in [0.3, 0.4) is 0 Å². The molecule has 1 unspecified atom stereocenters. The van der Waals surface area contributed by atoms with Crippen molar-refractivity contribution >= 4 is 16.8 Å². The van der Waals surface area contributed by atoms with Crippen molar-refractivity contribution in [1.29, 1.82) is 0 Å². The average molecular weight is 391 g/mol. The number of carbonyl (C=O) groups is 1. The van der Waals surface area contributed by atoms with Crippen LogP contribution in [0.25, 0.3) is 0 Å². The summed E-state index contributed by atoms with van der Waals surface area (Å²) < 4.78 is 22.5.